The van der Waals surface area contributed by atoms with Crippen LogP contribution in [0.5, 0.6) is 5.75 Å². The van der Waals surface area contributed by atoms with E-state index in [0.717, 1.165) is 38.7 Å². The van der Waals surface area contributed by atoms with Gasteiger partial charge in [0.1, 0.15) is 12.4 Å². The van der Waals surface area contributed by atoms with E-state index in [4.69, 9.17) is 21.4 Å². The van der Waals surface area contributed by atoms with Crippen molar-refractivity contribution in [3.8, 4) is 5.75 Å². The maximum Gasteiger partial charge on any atom is 0.303 e. The van der Waals surface area contributed by atoms with Crippen molar-refractivity contribution in [2.24, 2.45) is 0 Å². The minimum Gasteiger partial charge on any atom is -0.487 e. The topological polar surface area (TPSA) is 58.6 Å². The normalized spacial score (nSPS) is 10.6. The standard InChI is InChI=1S/C19H20Br2ClNO3/c1-2-5-23-15-7-13(6-14(22)10-15)11-26-19-16(20)8-12(9-17(19)21)3-4-18(24)25/h6-10,23H,2-5,11H2,1H3,(H,24,25). The smallest absolute Gasteiger partial charge is 0.303 e. The van der Waals surface area contributed by atoms with Crippen LogP contribution in [-0.4, -0.2) is 17.6 Å². The molecular weight excluding hydrogens is 485 g/mol. The molecule has 0 atom stereocenters. The van der Waals surface area contributed by atoms with Crippen LogP contribution in [0.2, 0.25) is 5.02 Å². The highest BCUT2D eigenvalue weighted by Gasteiger charge is 2.11. The van der Waals surface area contributed by atoms with Gasteiger partial charge in [-0.05, 0) is 86.2 Å². The van der Waals surface area contributed by atoms with Crippen LogP contribution < -0.4 is 10.1 Å². The molecule has 0 fully saturated rings. The zero-order valence-electron chi connectivity index (χ0n) is 14.3. The molecule has 2 N–H and O–H groups in total. The minimum atomic E-state index is -0.814. The molecule has 0 spiro atoms. The molecule has 2 aromatic carbocycles. The fourth-order valence-corrected chi connectivity index (χ4v) is 4.17. The number of hydrogen-bond acceptors (Lipinski definition) is 3. The summed E-state index contributed by atoms with van der Waals surface area (Å²) in [6.45, 7) is 3.36. The second kappa shape index (κ2) is 10.2. The summed E-state index contributed by atoms with van der Waals surface area (Å²) in [7, 11) is 0. The first-order valence-corrected chi connectivity index (χ1v) is 10.2. The van der Waals surface area contributed by atoms with E-state index in [2.05, 4.69) is 44.1 Å². The highest BCUT2D eigenvalue weighted by Crippen LogP contribution is 2.36. The predicted molar refractivity (Wildman–Crippen MR) is 112 cm³/mol. The Morgan fingerprint density at radius 3 is 2.46 bits per heavy atom. The summed E-state index contributed by atoms with van der Waals surface area (Å²) in [5.74, 6) is -0.141. The van der Waals surface area contributed by atoms with Gasteiger partial charge in [0, 0.05) is 23.7 Å². The van der Waals surface area contributed by atoms with E-state index in [1.54, 1.807) is 0 Å². The highest BCUT2D eigenvalue weighted by molar-refractivity contribution is 9.11. The molecule has 2 rings (SSSR count). The van der Waals surface area contributed by atoms with Gasteiger partial charge >= 0.3 is 5.97 Å². The summed E-state index contributed by atoms with van der Waals surface area (Å²) in [6, 6.07) is 9.56. The molecule has 0 saturated carbocycles. The molecule has 0 bridgehead atoms. The Morgan fingerprint density at radius 1 is 1.15 bits per heavy atom. The third kappa shape index (κ3) is 6.49. The van der Waals surface area contributed by atoms with Crippen molar-refractivity contribution in [1.29, 1.82) is 0 Å². The number of aryl methyl sites for hydroxylation is 1. The Labute approximate surface area is 175 Å². The van der Waals surface area contributed by atoms with Gasteiger partial charge in [-0.3, -0.25) is 4.79 Å². The van der Waals surface area contributed by atoms with Crippen LogP contribution in [0.25, 0.3) is 0 Å². The maximum absolute atomic E-state index is 10.7. The van der Waals surface area contributed by atoms with Gasteiger partial charge in [-0.15, -0.1) is 0 Å². The Morgan fingerprint density at radius 2 is 1.85 bits per heavy atom. The Hall–Kier alpha value is -1.24. The molecule has 7 heteroatoms. The first kappa shape index (κ1) is 21.1. The molecule has 0 aliphatic rings. The number of ether oxygens (including phenoxy) is 1. The van der Waals surface area contributed by atoms with Gasteiger partial charge in [0.05, 0.1) is 8.95 Å². The van der Waals surface area contributed by atoms with Crippen molar-refractivity contribution in [1.82, 2.24) is 0 Å². The SMILES string of the molecule is CCCNc1cc(Cl)cc(COc2c(Br)cc(CCC(=O)O)cc2Br)c1. The zero-order valence-corrected chi connectivity index (χ0v) is 18.2. The van der Waals surface area contributed by atoms with Crippen molar-refractivity contribution in [2.45, 2.75) is 32.8 Å². The van der Waals surface area contributed by atoms with Gasteiger partial charge < -0.3 is 15.2 Å². The third-order valence-corrected chi connectivity index (χ3v) is 5.00. The number of carbonyl (C=O) groups is 1. The lowest BCUT2D eigenvalue weighted by Crippen LogP contribution is -2.02. The van der Waals surface area contributed by atoms with Crippen molar-refractivity contribution < 1.29 is 14.6 Å². The quantitative estimate of drug-likeness (QED) is 0.421. The summed E-state index contributed by atoms with van der Waals surface area (Å²) in [5, 5.41) is 12.8. The third-order valence-electron chi connectivity index (χ3n) is 3.61. The van der Waals surface area contributed by atoms with E-state index in [9.17, 15) is 4.79 Å². The first-order chi connectivity index (χ1) is 12.4. The van der Waals surface area contributed by atoms with E-state index in [0.29, 0.717) is 23.8 Å². The largest absolute Gasteiger partial charge is 0.487 e. The van der Waals surface area contributed by atoms with Crippen LogP contribution >= 0.6 is 43.5 Å². The second-order valence-corrected chi connectivity index (χ2v) is 7.99. The van der Waals surface area contributed by atoms with Crippen molar-refractivity contribution in [3.63, 3.8) is 0 Å². The number of carboxylic acid groups (broad SMARTS) is 1. The van der Waals surface area contributed by atoms with Gasteiger partial charge in [-0.2, -0.15) is 0 Å². The fourth-order valence-electron chi connectivity index (χ4n) is 2.41. The average Bonchev–Trinajstić information content (AvgIpc) is 2.57. The van der Waals surface area contributed by atoms with Crippen molar-refractivity contribution >= 4 is 55.1 Å². The molecule has 140 valence electrons. The molecule has 0 amide bonds. The second-order valence-electron chi connectivity index (χ2n) is 5.85. The molecule has 0 saturated heterocycles. The number of benzene rings is 2. The van der Waals surface area contributed by atoms with Gasteiger partial charge in [0.25, 0.3) is 0 Å². The van der Waals surface area contributed by atoms with Crippen LogP contribution in [0.1, 0.15) is 30.9 Å². The van der Waals surface area contributed by atoms with Crippen LogP contribution in [0, 0.1) is 0 Å². The number of nitrogens with one attached hydrogen (secondary N) is 1. The number of aliphatic carboxylic acids is 1. The number of carboxylic acids is 1. The molecule has 0 aliphatic carbocycles. The van der Waals surface area contributed by atoms with Crippen molar-refractivity contribution in [2.75, 3.05) is 11.9 Å². The zero-order chi connectivity index (χ0) is 19.1. The lowest BCUT2D eigenvalue weighted by atomic mass is 10.1. The lowest BCUT2D eigenvalue weighted by Gasteiger charge is -2.14. The lowest BCUT2D eigenvalue weighted by molar-refractivity contribution is -0.136. The van der Waals surface area contributed by atoms with Gasteiger partial charge in [-0.1, -0.05) is 18.5 Å². The molecule has 26 heavy (non-hydrogen) atoms. The van der Waals surface area contributed by atoms with E-state index < -0.39 is 5.97 Å². The molecule has 0 radical (unpaired) electrons. The molecule has 0 heterocycles. The van der Waals surface area contributed by atoms with Gasteiger partial charge in [0.2, 0.25) is 0 Å². The van der Waals surface area contributed by atoms with E-state index in [-0.39, 0.29) is 6.42 Å². The summed E-state index contributed by atoms with van der Waals surface area (Å²) < 4.78 is 7.51. The van der Waals surface area contributed by atoms with E-state index >= 15 is 0 Å². The molecule has 4 nitrogen and oxygen atoms in total. The Kier molecular flexibility index (Phi) is 8.25. The Bertz CT molecular complexity index is 760. The van der Waals surface area contributed by atoms with Crippen LogP contribution in [0.4, 0.5) is 5.69 Å². The van der Waals surface area contributed by atoms with E-state index in [1.165, 1.54) is 0 Å². The van der Waals surface area contributed by atoms with E-state index in [1.807, 2.05) is 30.3 Å². The van der Waals surface area contributed by atoms with Crippen LogP contribution in [0.3, 0.4) is 0 Å². The van der Waals surface area contributed by atoms with Crippen LogP contribution in [-0.2, 0) is 17.8 Å². The Balaban J connectivity index is 2.09. The number of hydrogen-bond donors (Lipinski definition) is 2. The van der Waals surface area contributed by atoms with Gasteiger partial charge in [-0.25, -0.2) is 0 Å². The predicted octanol–water partition coefficient (Wildman–Crippen LogP) is 6.28. The summed E-state index contributed by atoms with van der Waals surface area (Å²) in [5.41, 5.74) is 2.86. The molecule has 0 unspecified atom stereocenters. The molecular formula is C19H20Br2ClNO3. The van der Waals surface area contributed by atoms with Crippen LogP contribution in [0.15, 0.2) is 39.3 Å². The molecule has 0 aliphatic heterocycles. The fraction of sp³-hybridized carbons (Fsp3) is 0.316. The van der Waals surface area contributed by atoms with Crippen molar-refractivity contribution in [3.05, 3.63) is 55.4 Å². The highest BCUT2D eigenvalue weighted by atomic mass is 79.9. The first-order valence-electron chi connectivity index (χ1n) is 8.25. The summed E-state index contributed by atoms with van der Waals surface area (Å²) in [4.78, 5) is 10.7. The number of halogens is 3. The van der Waals surface area contributed by atoms with Gasteiger partial charge in [0.15, 0.2) is 0 Å². The minimum absolute atomic E-state index is 0.0924. The molecule has 0 aromatic heterocycles. The molecule has 2 aromatic rings. The summed E-state index contributed by atoms with van der Waals surface area (Å²) >= 11 is 13.2. The number of rotatable bonds is 9. The average molecular weight is 506 g/mol. The number of anilines is 1. The summed E-state index contributed by atoms with van der Waals surface area (Å²) in [6.07, 6.45) is 1.59. The monoisotopic (exact) mass is 503 g/mol. The maximum atomic E-state index is 10.7.